The fourth-order valence-corrected chi connectivity index (χ4v) is 4.59. The predicted octanol–water partition coefficient (Wildman–Crippen LogP) is 3.09. The molecule has 2 N–H and O–H groups in total. The van der Waals surface area contributed by atoms with Crippen molar-refractivity contribution in [2.24, 2.45) is 5.92 Å². The van der Waals surface area contributed by atoms with Crippen LogP contribution in [0.4, 0.5) is 5.69 Å². The largest absolute Gasteiger partial charge is 0.398 e. The molecule has 5 heteroatoms. The molecule has 0 aromatic heterocycles. The fraction of sp³-hybridized carbons (Fsp3) is 0.625. The summed E-state index contributed by atoms with van der Waals surface area (Å²) in [5, 5.41) is 0. The standard InChI is InChI=1S/C16H26N2O2S/c1-4-5-14-6-8-18(9-7-14)21(19,20)15-10-12(2)13(3)16(17)11-15/h10-11,14H,4-9,17H2,1-3H3. The van der Waals surface area contributed by atoms with Crippen molar-refractivity contribution in [3.63, 3.8) is 0 Å². The van der Waals surface area contributed by atoms with E-state index in [0.717, 1.165) is 24.0 Å². The number of benzene rings is 1. The van der Waals surface area contributed by atoms with Crippen molar-refractivity contribution in [3.8, 4) is 0 Å². The average Bonchev–Trinajstić information content (AvgIpc) is 2.45. The maximum Gasteiger partial charge on any atom is 0.243 e. The molecule has 1 fully saturated rings. The molecule has 0 bridgehead atoms. The lowest BCUT2D eigenvalue weighted by atomic mass is 9.94. The molecule has 0 aliphatic carbocycles. The molecule has 0 amide bonds. The van der Waals surface area contributed by atoms with Gasteiger partial charge >= 0.3 is 0 Å². The van der Waals surface area contributed by atoms with Crippen molar-refractivity contribution in [2.45, 2.75) is 51.3 Å². The van der Waals surface area contributed by atoms with Crippen LogP contribution in [0.25, 0.3) is 0 Å². The minimum atomic E-state index is -3.41. The molecular weight excluding hydrogens is 284 g/mol. The van der Waals surface area contributed by atoms with E-state index in [2.05, 4.69) is 6.92 Å². The lowest BCUT2D eigenvalue weighted by molar-refractivity contribution is 0.262. The first kappa shape index (κ1) is 16.3. The highest BCUT2D eigenvalue weighted by molar-refractivity contribution is 7.89. The van der Waals surface area contributed by atoms with Crippen molar-refractivity contribution in [1.82, 2.24) is 4.31 Å². The summed E-state index contributed by atoms with van der Waals surface area (Å²) >= 11 is 0. The number of rotatable bonds is 4. The van der Waals surface area contributed by atoms with Gasteiger partial charge < -0.3 is 5.73 Å². The van der Waals surface area contributed by atoms with Crippen LogP contribution in [0.15, 0.2) is 17.0 Å². The number of aryl methyl sites for hydroxylation is 1. The van der Waals surface area contributed by atoms with Gasteiger partial charge in [-0.25, -0.2) is 8.42 Å². The number of hydrogen-bond acceptors (Lipinski definition) is 3. The fourth-order valence-electron chi connectivity index (χ4n) is 3.00. The monoisotopic (exact) mass is 310 g/mol. The number of hydrogen-bond donors (Lipinski definition) is 1. The Kier molecular flexibility index (Phi) is 4.94. The van der Waals surface area contributed by atoms with Crippen molar-refractivity contribution < 1.29 is 8.42 Å². The van der Waals surface area contributed by atoms with Crippen molar-refractivity contribution in [2.75, 3.05) is 18.8 Å². The summed E-state index contributed by atoms with van der Waals surface area (Å²) in [6.07, 6.45) is 4.30. The summed E-state index contributed by atoms with van der Waals surface area (Å²) < 4.78 is 27.1. The third-order valence-corrected chi connectivity index (χ3v) is 6.47. The van der Waals surface area contributed by atoms with Gasteiger partial charge in [-0.3, -0.25) is 0 Å². The highest BCUT2D eigenvalue weighted by Gasteiger charge is 2.29. The zero-order chi connectivity index (χ0) is 15.6. The summed E-state index contributed by atoms with van der Waals surface area (Å²) in [6.45, 7) is 7.25. The average molecular weight is 310 g/mol. The lowest BCUT2D eigenvalue weighted by Crippen LogP contribution is -2.38. The molecule has 1 heterocycles. The molecule has 0 atom stereocenters. The van der Waals surface area contributed by atoms with E-state index in [9.17, 15) is 8.42 Å². The molecular formula is C16H26N2O2S. The second kappa shape index (κ2) is 6.36. The molecule has 0 unspecified atom stereocenters. The third kappa shape index (κ3) is 3.40. The van der Waals surface area contributed by atoms with Crippen LogP contribution in [0, 0.1) is 19.8 Å². The van der Waals surface area contributed by atoms with Crippen molar-refractivity contribution >= 4 is 15.7 Å². The van der Waals surface area contributed by atoms with E-state index in [1.165, 1.54) is 12.8 Å². The molecule has 0 radical (unpaired) electrons. The minimum absolute atomic E-state index is 0.331. The SMILES string of the molecule is CCCC1CCN(S(=O)(=O)c2cc(C)c(C)c(N)c2)CC1. The first-order chi connectivity index (χ1) is 9.86. The van der Waals surface area contributed by atoms with Crippen LogP contribution < -0.4 is 5.73 Å². The normalized spacial score (nSPS) is 18.0. The smallest absolute Gasteiger partial charge is 0.243 e. The predicted molar refractivity (Wildman–Crippen MR) is 86.7 cm³/mol. The van der Waals surface area contributed by atoms with Gasteiger partial charge in [0.1, 0.15) is 0 Å². The Morgan fingerprint density at radius 2 is 1.86 bits per heavy atom. The lowest BCUT2D eigenvalue weighted by Gasteiger charge is -2.31. The van der Waals surface area contributed by atoms with Gasteiger partial charge in [0.05, 0.1) is 4.90 Å². The molecule has 4 nitrogen and oxygen atoms in total. The number of nitrogens with two attached hydrogens (primary N) is 1. The highest BCUT2D eigenvalue weighted by Crippen LogP contribution is 2.28. The zero-order valence-electron chi connectivity index (χ0n) is 13.2. The van der Waals surface area contributed by atoms with E-state index < -0.39 is 10.0 Å². The highest BCUT2D eigenvalue weighted by atomic mass is 32.2. The first-order valence-corrected chi connectivity index (χ1v) is 9.17. The van der Waals surface area contributed by atoms with Crippen LogP contribution in [0.1, 0.15) is 43.7 Å². The summed E-state index contributed by atoms with van der Waals surface area (Å²) in [5.41, 5.74) is 8.36. The van der Waals surface area contributed by atoms with Crippen molar-refractivity contribution in [1.29, 1.82) is 0 Å². The molecule has 0 spiro atoms. The van der Waals surface area contributed by atoms with Crippen LogP contribution in [-0.4, -0.2) is 25.8 Å². The molecule has 1 saturated heterocycles. The van der Waals surface area contributed by atoms with E-state index >= 15 is 0 Å². The van der Waals surface area contributed by atoms with Gasteiger partial charge in [-0.1, -0.05) is 19.8 Å². The zero-order valence-corrected chi connectivity index (χ0v) is 14.0. The summed E-state index contributed by atoms with van der Waals surface area (Å²) in [6, 6.07) is 3.33. The van der Waals surface area contributed by atoms with Crippen LogP contribution in [0.3, 0.4) is 0 Å². The Balaban J connectivity index is 2.20. The van der Waals surface area contributed by atoms with Gasteiger partial charge in [-0.05, 0) is 55.9 Å². The van der Waals surface area contributed by atoms with Crippen LogP contribution >= 0.6 is 0 Å². The van der Waals surface area contributed by atoms with Crippen LogP contribution in [-0.2, 0) is 10.0 Å². The van der Waals surface area contributed by atoms with E-state index in [-0.39, 0.29) is 0 Å². The Bertz CT molecular complexity index is 580. The van der Waals surface area contributed by atoms with Gasteiger partial charge in [-0.15, -0.1) is 0 Å². The number of piperidine rings is 1. The molecule has 1 aromatic carbocycles. The molecule has 2 rings (SSSR count). The number of nitrogens with zero attached hydrogens (tertiary/aromatic N) is 1. The Morgan fingerprint density at radius 1 is 1.24 bits per heavy atom. The minimum Gasteiger partial charge on any atom is -0.398 e. The van der Waals surface area contributed by atoms with Gasteiger partial charge in [0, 0.05) is 18.8 Å². The Morgan fingerprint density at radius 3 is 2.38 bits per heavy atom. The summed E-state index contributed by atoms with van der Waals surface area (Å²) in [7, 11) is -3.41. The quantitative estimate of drug-likeness (QED) is 0.869. The second-order valence-corrected chi connectivity index (χ2v) is 8.03. The molecule has 118 valence electrons. The Labute approximate surface area is 128 Å². The molecule has 1 aliphatic heterocycles. The number of nitrogen functional groups attached to an aromatic ring is 1. The Hall–Kier alpha value is -1.07. The third-order valence-electron chi connectivity index (χ3n) is 4.59. The van der Waals surface area contributed by atoms with E-state index in [0.29, 0.717) is 29.6 Å². The first-order valence-electron chi connectivity index (χ1n) is 7.73. The molecule has 1 aromatic rings. The summed E-state index contributed by atoms with van der Waals surface area (Å²) in [5.74, 6) is 0.672. The van der Waals surface area contributed by atoms with Crippen LogP contribution in [0.2, 0.25) is 0 Å². The summed E-state index contributed by atoms with van der Waals surface area (Å²) in [4.78, 5) is 0.331. The topological polar surface area (TPSA) is 63.4 Å². The molecule has 0 saturated carbocycles. The van der Waals surface area contributed by atoms with Gasteiger partial charge in [0.2, 0.25) is 10.0 Å². The van der Waals surface area contributed by atoms with E-state index in [4.69, 9.17) is 5.73 Å². The van der Waals surface area contributed by atoms with Gasteiger partial charge in [0.25, 0.3) is 0 Å². The maximum absolute atomic E-state index is 12.7. The number of anilines is 1. The van der Waals surface area contributed by atoms with Crippen LogP contribution in [0.5, 0.6) is 0 Å². The maximum atomic E-state index is 12.7. The molecule has 1 aliphatic rings. The second-order valence-electron chi connectivity index (χ2n) is 6.09. The molecule has 21 heavy (non-hydrogen) atoms. The van der Waals surface area contributed by atoms with Gasteiger partial charge in [-0.2, -0.15) is 4.31 Å². The van der Waals surface area contributed by atoms with Gasteiger partial charge in [0.15, 0.2) is 0 Å². The van der Waals surface area contributed by atoms with Crippen molar-refractivity contribution in [3.05, 3.63) is 23.3 Å². The van der Waals surface area contributed by atoms with E-state index in [1.54, 1.807) is 16.4 Å². The number of sulfonamides is 1. The van der Waals surface area contributed by atoms with E-state index in [1.807, 2.05) is 13.8 Å².